The van der Waals surface area contributed by atoms with E-state index in [1.807, 2.05) is 5.01 Å². The molecule has 6 heavy (non-hydrogen) atoms. The number of rotatable bonds is 0. The summed E-state index contributed by atoms with van der Waals surface area (Å²) >= 11 is 0. The van der Waals surface area contributed by atoms with Gasteiger partial charge in [0.25, 0.3) is 0 Å². The van der Waals surface area contributed by atoms with Crippen LogP contribution in [0.4, 0.5) is 0 Å². The normalized spacial score (nSPS) is 27.0. The smallest absolute Gasteiger partial charge is 0.0167 e. The van der Waals surface area contributed by atoms with Crippen LogP contribution in [0, 0.1) is 5.92 Å². The molecule has 0 aromatic rings. The van der Waals surface area contributed by atoms with Crippen LogP contribution in [-0.4, -0.2) is 18.1 Å². The molecule has 2 N–H and O–H groups in total. The second-order valence-electron chi connectivity index (χ2n) is 2.06. The van der Waals surface area contributed by atoms with E-state index in [0.29, 0.717) is 0 Å². The highest BCUT2D eigenvalue weighted by molar-refractivity contribution is 4.69. The van der Waals surface area contributed by atoms with E-state index in [0.717, 1.165) is 19.0 Å². The molecule has 0 spiro atoms. The Balaban J connectivity index is 2.11. The van der Waals surface area contributed by atoms with E-state index in [2.05, 4.69) is 6.92 Å². The number of hydrazine groups is 1. The van der Waals surface area contributed by atoms with Crippen LogP contribution in [0.2, 0.25) is 0 Å². The van der Waals surface area contributed by atoms with Crippen molar-refractivity contribution in [2.75, 3.05) is 13.1 Å². The van der Waals surface area contributed by atoms with Crippen molar-refractivity contribution >= 4 is 0 Å². The minimum atomic E-state index is 0.843. The molecule has 0 saturated carbocycles. The van der Waals surface area contributed by atoms with Gasteiger partial charge in [0.1, 0.15) is 0 Å². The van der Waals surface area contributed by atoms with Gasteiger partial charge in [0, 0.05) is 13.1 Å². The summed E-state index contributed by atoms with van der Waals surface area (Å²) in [4.78, 5) is 0. The van der Waals surface area contributed by atoms with Gasteiger partial charge in [0.2, 0.25) is 0 Å². The van der Waals surface area contributed by atoms with E-state index >= 15 is 0 Å². The lowest BCUT2D eigenvalue weighted by molar-refractivity contribution is 0.115. The number of nitrogens with two attached hydrogens (primary N) is 1. The van der Waals surface area contributed by atoms with Gasteiger partial charge in [-0.25, -0.2) is 5.01 Å². The second kappa shape index (κ2) is 1.21. The van der Waals surface area contributed by atoms with Crippen molar-refractivity contribution in [1.82, 2.24) is 5.01 Å². The second-order valence-corrected chi connectivity index (χ2v) is 2.06. The first-order valence-corrected chi connectivity index (χ1v) is 2.28. The van der Waals surface area contributed by atoms with Crippen LogP contribution in [0.15, 0.2) is 0 Å². The fraction of sp³-hybridized carbons (Fsp3) is 1.00. The molecule has 1 fully saturated rings. The van der Waals surface area contributed by atoms with Crippen molar-refractivity contribution in [2.45, 2.75) is 6.92 Å². The summed E-state index contributed by atoms with van der Waals surface area (Å²) in [5.41, 5.74) is 0. The Hall–Kier alpha value is -0.0800. The van der Waals surface area contributed by atoms with Crippen molar-refractivity contribution in [1.29, 1.82) is 0 Å². The van der Waals surface area contributed by atoms with E-state index in [1.165, 1.54) is 0 Å². The quantitative estimate of drug-likeness (QED) is 0.414. The van der Waals surface area contributed by atoms with Crippen molar-refractivity contribution in [3.8, 4) is 0 Å². The average Bonchev–Trinajstić information content (AvgIpc) is 1.33. The zero-order valence-electron chi connectivity index (χ0n) is 4.02. The van der Waals surface area contributed by atoms with Crippen molar-refractivity contribution in [2.24, 2.45) is 11.8 Å². The summed E-state index contributed by atoms with van der Waals surface area (Å²) in [6, 6.07) is 0. The third-order valence-corrected chi connectivity index (χ3v) is 1.09. The standard InChI is InChI=1S/C4H10N2/c1-4-2-6(5)3-4/h4H,2-3,5H2,1H3. The number of hydrogen-bond acceptors (Lipinski definition) is 2. The summed E-state index contributed by atoms with van der Waals surface area (Å²) in [6.07, 6.45) is 0. The number of nitrogens with zero attached hydrogens (tertiary/aromatic N) is 1. The van der Waals surface area contributed by atoms with Gasteiger partial charge in [-0.05, 0) is 5.92 Å². The molecule has 1 saturated heterocycles. The Kier molecular flexibility index (Phi) is 0.821. The molecule has 0 aromatic heterocycles. The van der Waals surface area contributed by atoms with E-state index < -0.39 is 0 Å². The summed E-state index contributed by atoms with van der Waals surface area (Å²) < 4.78 is 0. The van der Waals surface area contributed by atoms with E-state index in [9.17, 15) is 0 Å². The van der Waals surface area contributed by atoms with Gasteiger partial charge in [-0.15, -0.1) is 0 Å². The van der Waals surface area contributed by atoms with Gasteiger partial charge in [-0.2, -0.15) is 0 Å². The lowest BCUT2D eigenvalue weighted by Gasteiger charge is -2.32. The molecule has 0 atom stereocenters. The first-order valence-electron chi connectivity index (χ1n) is 2.28. The summed E-state index contributed by atoms with van der Waals surface area (Å²) in [6.45, 7) is 4.36. The first-order chi connectivity index (χ1) is 2.79. The molecule has 0 aromatic carbocycles. The van der Waals surface area contributed by atoms with Crippen molar-refractivity contribution in [3.05, 3.63) is 0 Å². The third kappa shape index (κ3) is 0.533. The highest BCUT2D eigenvalue weighted by Crippen LogP contribution is 2.07. The predicted octanol–water partition coefficient (Wildman–Crippen LogP) is -0.188. The van der Waals surface area contributed by atoms with Crippen LogP contribution in [-0.2, 0) is 0 Å². The van der Waals surface area contributed by atoms with Crippen molar-refractivity contribution < 1.29 is 0 Å². The van der Waals surface area contributed by atoms with Gasteiger partial charge < -0.3 is 0 Å². The average molecular weight is 86.1 g/mol. The molecule has 0 aliphatic carbocycles. The van der Waals surface area contributed by atoms with Crippen LogP contribution in [0.5, 0.6) is 0 Å². The Morgan fingerprint density at radius 3 is 2.17 bits per heavy atom. The molecular weight excluding hydrogens is 76.1 g/mol. The van der Waals surface area contributed by atoms with Crippen LogP contribution >= 0.6 is 0 Å². The fourth-order valence-corrected chi connectivity index (χ4v) is 0.747. The van der Waals surface area contributed by atoms with Crippen LogP contribution in [0.3, 0.4) is 0 Å². The molecule has 1 aliphatic rings. The predicted molar refractivity (Wildman–Crippen MR) is 24.9 cm³/mol. The lowest BCUT2D eigenvalue weighted by atomic mass is 10.1. The molecule has 0 unspecified atom stereocenters. The molecule has 0 radical (unpaired) electrons. The highest BCUT2D eigenvalue weighted by atomic mass is 15.4. The molecule has 0 amide bonds. The minimum absolute atomic E-state index is 0.843. The Morgan fingerprint density at radius 1 is 1.67 bits per heavy atom. The Morgan fingerprint density at radius 2 is 2.17 bits per heavy atom. The molecule has 1 aliphatic heterocycles. The van der Waals surface area contributed by atoms with Gasteiger partial charge in [-0.3, -0.25) is 5.84 Å². The minimum Gasteiger partial charge on any atom is -0.269 e. The maximum Gasteiger partial charge on any atom is 0.0167 e. The topological polar surface area (TPSA) is 29.3 Å². The molecule has 0 bridgehead atoms. The van der Waals surface area contributed by atoms with E-state index in [4.69, 9.17) is 5.84 Å². The van der Waals surface area contributed by atoms with Crippen LogP contribution in [0.1, 0.15) is 6.92 Å². The molecule has 1 rings (SSSR count). The summed E-state index contributed by atoms with van der Waals surface area (Å²) in [5, 5.41) is 1.82. The lowest BCUT2D eigenvalue weighted by Crippen LogP contribution is -2.49. The molecule has 36 valence electrons. The zero-order chi connectivity index (χ0) is 4.57. The molecular formula is C4H10N2. The van der Waals surface area contributed by atoms with Crippen molar-refractivity contribution in [3.63, 3.8) is 0 Å². The van der Waals surface area contributed by atoms with Crippen LogP contribution in [0.25, 0.3) is 0 Å². The summed E-state index contributed by atoms with van der Waals surface area (Å²) in [5.74, 6) is 6.14. The monoisotopic (exact) mass is 86.1 g/mol. The molecule has 1 heterocycles. The fourth-order valence-electron chi connectivity index (χ4n) is 0.747. The summed E-state index contributed by atoms with van der Waals surface area (Å²) in [7, 11) is 0. The highest BCUT2D eigenvalue weighted by Gasteiger charge is 2.17. The Bertz CT molecular complexity index is 41.5. The van der Waals surface area contributed by atoms with E-state index in [-0.39, 0.29) is 0 Å². The maximum absolute atomic E-state index is 5.30. The van der Waals surface area contributed by atoms with Crippen LogP contribution < -0.4 is 5.84 Å². The van der Waals surface area contributed by atoms with Gasteiger partial charge in [-0.1, -0.05) is 6.92 Å². The first kappa shape index (κ1) is 4.09. The van der Waals surface area contributed by atoms with E-state index in [1.54, 1.807) is 0 Å². The number of hydrogen-bond donors (Lipinski definition) is 1. The van der Waals surface area contributed by atoms with Gasteiger partial charge in [0.15, 0.2) is 0 Å². The largest absolute Gasteiger partial charge is 0.269 e. The third-order valence-electron chi connectivity index (χ3n) is 1.09. The van der Waals surface area contributed by atoms with Gasteiger partial charge in [0.05, 0.1) is 0 Å². The Labute approximate surface area is 37.9 Å². The SMILES string of the molecule is CC1CN(N)C1. The van der Waals surface area contributed by atoms with Gasteiger partial charge >= 0.3 is 0 Å². The molecule has 2 nitrogen and oxygen atoms in total. The molecule has 2 heteroatoms. The zero-order valence-corrected chi connectivity index (χ0v) is 4.02. The maximum atomic E-state index is 5.30.